The number of benzene rings is 2. The Bertz CT molecular complexity index is 1230. The molecule has 3 rings (SSSR count). The molecule has 0 amide bonds. The van der Waals surface area contributed by atoms with E-state index in [1.54, 1.807) is 6.07 Å². The lowest BCUT2D eigenvalue weighted by Gasteiger charge is -2.29. The SMILES string of the molecule is N#Cc1ccc(Oc2ccc(C(F)(F)C(CN(N)/C=N\N)c3ccc(F)cc3F)nc2)cc1F. The molecule has 34 heavy (non-hydrogen) atoms. The number of hydrazine groups is 1. The van der Waals surface area contributed by atoms with Crippen molar-refractivity contribution < 1.29 is 26.7 Å². The molecule has 1 atom stereocenters. The molecule has 0 saturated heterocycles. The molecule has 0 spiro atoms. The average molecular weight is 476 g/mol. The number of halogens is 5. The van der Waals surface area contributed by atoms with Crippen LogP contribution < -0.4 is 16.4 Å². The third kappa shape index (κ3) is 5.38. The lowest BCUT2D eigenvalue weighted by molar-refractivity contribution is -0.0443. The summed E-state index contributed by atoms with van der Waals surface area (Å²) < 4.78 is 77.8. The highest BCUT2D eigenvalue weighted by Gasteiger charge is 2.45. The lowest BCUT2D eigenvalue weighted by Crippen LogP contribution is -2.40. The van der Waals surface area contributed by atoms with Crippen LogP contribution in [0.2, 0.25) is 0 Å². The van der Waals surface area contributed by atoms with E-state index in [4.69, 9.17) is 21.7 Å². The van der Waals surface area contributed by atoms with Gasteiger partial charge in [-0.2, -0.15) is 19.1 Å². The smallest absolute Gasteiger partial charge is 0.298 e. The molecule has 3 aromatic rings. The Balaban J connectivity index is 1.91. The average Bonchev–Trinajstić information content (AvgIpc) is 2.78. The van der Waals surface area contributed by atoms with Crippen LogP contribution in [0.15, 0.2) is 59.8 Å². The first-order valence-electron chi connectivity index (χ1n) is 9.57. The van der Waals surface area contributed by atoms with Gasteiger partial charge in [-0.25, -0.2) is 19.0 Å². The van der Waals surface area contributed by atoms with Crippen molar-refractivity contribution in [2.75, 3.05) is 6.54 Å². The Labute approximate surface area is 190 Å². The summed E-state index contributed by atoms with van der Waals surface area (Å²) in [5.74, 6) is 2.00. The Morgan fingerprint density at radius 1 is 1.09 bits per heavy atom. The summed E-state index contributed by atoms with van der Waals surface area (Å²) in [6.45, 7) is -0.638. The summed E-state index contributed by atoms with van der Waals surface area (Å²) in [6.07, 6.45) is 1.84. The molecule has 1 heterocycles. The Morgan fingerprint density at radius 2 is 1.82 bits per heavy atom. The highest BCUT2D eigenvalue weighted by atomic mass is 19.3. The van der Waals surface area contributed by atoms with Crippen LogP contribution in [-0.4, -0.2) is 22.9 Å². The second kappa shape index (κ2) is 10.1. The number of aromatic nitrogens is 1. The third-order valence-corrected chi connectivity index (χ3v) is 4.76. The summed E-state index contributed by atoms with van der Waals surface area (Å²) in [6, 6.07) is 9.48. The zero-order valence-corrected chi connectivity index (χ0v) is 17.3. The lowest BCUT2D eigenvalue weighted by atomic mass is 9.89. The molecule has 0 bridgehead atoms. The number of hydrogen-bond donors (Lipinski definition) is 2. The molecule has 0 fully saturated rings. The molecule has 0 aliphatic heterocycles. The molecular formula is C22H17F5N6O. The zero-order valence-electron chi connectivity index (χ0n) is 17.3. The first-order chi connectivity index (χ1) is 16.1. The van der Waals surface area contributed by atoms with Gasteiger partial charge in [-0.05, 0) is 35.9 Å². The van der Waals surface area contributed by atoms with Gasteiger partial charge in [0.15, 0.2) is 0 Å². The molecule has 1 unspecified atom stereocenters. The van der Waals surface area contributed by atoms with Gasteiger partial charge in [-0.1, -0.05) is 6.07 Å². The van der Waals surface area contributed by atoms with E-state index in [2.05, 4.69) is 10.1 Å². The first kappa shape index (κ1) is 24.4. The standard InChI is InChI=1S/C22H17F5N6O/c23-14-2-5-17(20(25)7-14)18(11-33(30)12-32-29)22(26,27)21-6-4-16(10-31-21)34-15-3-1-13(9-28)19(24)8-15/h1-8,10,12,18H,11,29-30H2/b32-12-. The van der Waals surface area contributed by atoms with Crippen LogP contribution in [0.1, 0.15) is 22.7 Å². The minimum absolute atomic E-state index is 0.00360. The fraction of sp³-hybridized carbons (Fsp3) is 0.136. The minimum Gasteiger partial charge on any atom is -0.456 e. The molecule has 0 radical (unpaired) electrons. The van der Waals surface area contributed by atoms with E-state index in [0.29, 0.717) is 6.07 Å². The summed E-state index contributed by atoms with van der Waals surface area (Å²) in [4.78, 5) is 3.71. The van der Waals surface area contributed by atoms with Crippen molar-refractivity contribution in [1.29, 1.82) is 5.26 Å². The third-order valence-electron chi connectivity index (χ3n) is 4.76. The Hall–Kier alpha value is -4.24. The number of nitriles is 1. The quantitative estimate of drug-likeness (QED) is 0.166. The number of pyridine rings is 1. The van der Waals surface area contributed by atoms with Gasteiger partial charge in [0.05, 0.1) is 17.7 Å². The number of nitrogens with two attached hydrogens (primary N) is 2. The fourth-order valence-electron chi connectivity index (χ4n) is 3.14. The first-order valence-corrected chi connectivity index (χ1v) is 9.57. The predicted molar refractivity (Wildman–Crippen MR) is 112 cm³/mol. The molecule has 7 nitrogen and oxygen atoms in total. The van der Waals surface area contributed by atoms with Gasteiger partial charge >= 0.3 is 0 Å². The van der Waals surface area contributed by atoms with Gasteiger partial charge in [-0.15, -0.1) is 0 Å². The molecule has 176 valence electrons. The maximum atomic E-state index is 15.5. The molecule has 2 aromatic carbocycles. The number of rotatable bonds is 8. The van der Waals surface area contributed by atoms with E-state index < -0.39 is 47.1 Å². The number of nitrogens with zero attached hydrogens (tertiary/aromatic N) is 4. The summed E-state index contributed by atoms with van der Waals surface area (Å²) >= 11 is 0. The Kier molecular flexibility index (Phi) is 7.28. The maximum Gasteiger partial charge on any atom is 0.298 e. The zero-order chi connectivity index (χ0) is 24.9. The molecule has 0 aliphatic carbocycles. The highest BCUT2D eigenvalue weighted by molar-refractivity contribution is 5.53. The van der Waals surface area contributed by atoms with E-state index in [0.717, 1.165) is 47.9 Å². The van der Waals surface area contributed by atoms with Gasteiger partial charge in [-0.3, -0.25) is 9.99 Å². The van der Waals surface area contributed by atoms with Crippen LogP contribution in [-0.2, 0) is 5.92 Å². The van der Waals surface area contributed by atoms with Crippen molar-refractivity contribution in [3.05, 3.63) is 89.0 Å². The molecular weight excluding hydrogens is 459 g/mol. The van der Waals surface area contributed by atoms with Gasteiger partial charge in [0.2, 0.25) is 0 Å². The van der Waals surface area contributed by atoms with Crippen LogP contribution in [0.25, 0.3) is 0 Å². The van der Waals surface area contributed by atoms with Crippen molar-refractivity contribution in [2.24, 2.45) is 16.8 Å². The van der Waals surface area contributed by atoms with Crippen molar-refractivity contribution in [3.8, 4) is 17.6 Å². The van der Waals surface area contributed by atoms with Crippen LogP contribution in [0.4, 0.5) is 22.0 Å². The van der Waals surface area contributed by atoms with Crippen LogP contribution in [0.3, 0.4) is 0 Å². The van der Waals surface area contributed by atoms with Gasteiger partial charge in [0.1, 0.15) is 47.1 Å². The predicted octanol–water partition coefficient (Wildman–Crippen LogP) is 4.12. The molecule has 12 heteroatoms. The normalized spacial score (nSPS) is 12.4. The van der Waals surface area contributed by atoms with Crippen LogP contribution >= 0.6 is 0 Å². The van der Waals surface area contributed by atoms with Crippen molar-refractivity contribution in [2.45, 2.75) is 11.8 Å². The van der Waals surface area contributed by atoms with Crippen LogP contribution in [0, 0.1) is 28.8 Å². The number of alkyl halides is 2. The maximum absolute atomic E-state index is 15.5. The number of hydrogen-bond acceptors (Lipinski definition) is 6. The summed E-state index contributed by atoms with van der Waals surface area (Å²) in [7, 11) is 0. The second-order valence-electron chi connectivity index (χ2n) is 7.04. The van der Waals surface area contributed by atoms with E-state index in [1.807, 2.05) is 0 Å². The number of hydrazone groups is 1. The molecule has 1 aromatic heterocycles. The topological polar surface area (TPSA) is 114 Å². The molecule has 0 saturated carbocycles. The van der Waals surface area contributed by atoms with E-state index in [1.165, 1.54) is 12.1 Å². The monoisotopic (exact) mass is 476 g/mol. The van der Waals surface area contributed by atoms with Gasteiger partial charge in [0, 0.05) is 18.7 Å². The Morgan fingerprint density at radius 3 is 2.41 bits per heavy atom. The highest BCUT2D eigenvalue weighted by Crippen LogP contribution is 2.43. The van der Waals surface area contributed by atoms with Crippen molar-refractivity contribution in [3.63, 3.8) is 0 Å². The fourth-order valence-corrected chi connectivity index (χ4v) is 3.14. The van der Waals surface area contributed by atoms with E-state index in [9.17, 15) is 13.2 Å². The second-order valence-corrected chi connectivity index (χ2v) is 7.04. The summed E-state index contributed by atoms with van der Waals surface area (Å²) in [5, 5.41) is 12.6. The van der Waals surface area contributed by atoms with E-state index >= 15 is 8.78 Å². The van der Waals surface area contributed by atoms with Crippen molar-refractivity contribution in [1.82, 2.24) is 9.99 Å². The largest absolute Gasteiger partial charge is 0.456 e. The van der Waals surface area contributed by atoms with E-state index in [-0.39, 0.29) is 17.1 Å². The number of ether oxygens (including phenoxy) is 1. The summed E-state index contributed by atoms with van der Waals surface area (Å²) in [5.41, 5.74) is -1.44. The van der Waals surface area contributed by atoms with Gasteiger partial charge < -0.3 is 10.6 Å². The van der Waals surface area contributed by atoms with Crippen molar-refractivity contribution >= 4 is 6.34 Å². The van der Waals surface area contributed by atoms with Crippen LogP contribution in [0.5, 0.6) is 11.5 Å². The molecule has 0 aliphatic rings. The van der Waals surface area contributed by atoms with Gasteiger partial charge in [0.25, 0.3) is 5.92 Å². The molecule has 4 N–H and O–H groups in total. The minimum atomic E-state index is -3.78.